The molecule has 1 N–H and O–H groups in total. The highest BCUT2D eigenvalue weighted by atomic mass is 127. The molecule has 0 aromatic carbocycles. The maximum Gasteiger partial charge on any atom is 0.213 e. The number of rotatable bonds is 6. The molecule has 1 saturated heterocycles. The van der Waals surface area contributed by atoms with E-state index in [1.165, 1.54) is 30.6 Å². The Morgan fingerprint density at radius 3 is 3.04 bits per heavy atom. The van der Waals surface area contributed by atoms with Gasteiger partial charge in [0.05, 0.1) is 6.61 Å². The molecule has 7 heteroatoms. The van der Waals surface area contributed by atoms with Crippen molar-refractivity contribution in [1.29, 1.82) is 0 Å². The average molecular weight is 476 g/mol. The van der Waals surface area contributed by atoms with Gasteiger partial charge >= 0.3 is 0 Å². The lowest BCUT2D eigenvalue weighted by Gasteiger charge is -2.34. The number of ether oxygens (including phenoxy) is 1. The number of aliphatic imine (C=N–C) groups is 1. The van der Waals surface area contributed by atoms with Crippen molar-refractivity contribution in [3.05, 3.63) is 23.9 Å². The highest BCUT2D eigenvalue weighted by molar-refractivity contribution is 14.0. The van der Waals surface area contributed by atoms with Crippen molar-refractivity contribution < 1.29 is 4.74 Å². The van der Waals surface area contributed by atoms with Crippen LogP contribution < -0.4 is 10.1 Å². The van der Waals surface area contributed by atoms with Gasteiger partial charge in [-0.05, 0) is 36.8 Å². The Morgan fingerprint density at radius 1 is 1.48 bits per heavy atom. The third kappa shape index (κ3) is 6.51. The summed E-state index contributed by atoms with van der Waals surface area (Å²) >= 11 is 2.07. The first kappa shape index (κ1) is 20.6. The molecule has 2 heterocycles. The number of guanidine groups is 1. The Bertz CT molecular complexity index is 568. The second-order valence-electron chi connectivity index (χ2n) is 6.50. The summed E-state index contributed by atoms with van der Waals surface area (Å²) < 4.78 is 5.77. The van der Waals surface area contributed by atoms with Crippen LogP contribution in [-0.4, -0.2) is 53.6 Å². The van der Waals surface area contributed by atoms with Gasteiger partial charge in [-0.1, -0.05) is 6.92 Å². The van der Waals surface area contributed by atoms with Gasteiger partial charge in [0.15, 0.2) is 5.96 Å². The molecule has 1 saturated carbocycles. The summed E-state index contributed by atoms with van der Waals surface area (Å²) in [5.41, 5.74) is 1.18. The second kappa shape index (κ2) is 10.4. The molecule has 25 heavy (non-hydrogen) atoms. The number of halogens is 1. The molecule has 3 rings (SSSR count). The molecule has 0 radical (unpaired) electrons. The molecule has 1 aliphatic heterocycles. The first-order chi connectivity index (χ1) is 11.8. The SMILES string of the molecule is CCC1CN(C(=NC)NCc2ccnc(OCC3CC3)c2)CCS1.I. The van der Waals surface area contributed by atoms with E-state index in [0.717, 1.165) is 44.0 Å². The zero-order valence-corrected chi connectivity index (χ0v) is 18.3. The summed E-state index contributed by atoms with van der Waals surface area (Å²) in [5.74, 6) is 3.65. The van der Waals surface area contributed by atoms with Crippen LogP contribution in [0.3, 0.4) is 0 Å². The standard InChI is InChI=1S/C18H28N4OS.HI/c1-3-16-12-22(8-9-24-16)18(19-2)21-11-15-6-7-20-17(10-15)23-13-14-4-5-14;/h6-7,10,14,16H,3-5,8-9,11-13H2,1-2H3,(H,19,21);1H. The molecule has 1 aromatic rings. The molecule has 1 atom stereocenters. The van der Waals surface area contributed by atoms with Crippen LogP contribution >= 0.6 is 35.7 Å². The number of nitrogens with one attached hydrogen (secondary N) is 1. The molecule has 0 bridgehead atoms. The largest absolute Gasteiger partial charge is 0.477 e. The Hall–Kier alpha value is -0.700. The molecule has 140 valence electrons. The zero-order chi connectivity index (χ0) is 16.8. The Kier molecular flexibility index (Phi) is 8.61. The number of nitrogens with zero attached hydrogens (tertiary/aromatic N) is 3. The van der Waals surface area contributed by atoms with Gasteiger partial charge in [0.25, 0.3) is 0 Å². The Morgan fingerprint density at radius 2 is 2.32 bits per heavy atom. The first-order valence-electron chi connectivity index (χ1n) is 8.93. The van der Waals surface area contributed by atoms with Gasteiger partial charge in [-0.25, -0.2) is 4.98 Å². The van der Waals surface area contributed by atoms with Gasteiger partial charge in [-0.15, -0.1) is 24.0 Å². The van der Waals surface area contributed by atoms with Crippen molar-refractivity contribution in [2.75, 3.05) is 32.5 Å². The predicted molar refractivity (Wildman–Crippen MR) is 116 cm³/mol. The summed E-state index contributed by atoms with van der Waals surface area (Å²) in [6.45, 7) is 5.95. The highest BCUT2D eigenvalue weighted by Gasteiger charge is 2.22. The first-order valence-corrected chi connectivity index (χ1v) is 9.98. The van der Waals surface area contributed by atoms with Gasteiger partial charge in [0.1, 0.15) is 0 Å². The van der Waals surface area contributed by atoms with Gasteiger partial charge in [-0.3, -0.25) is 4.99 Å². The number of aromatic nitrogens is 1. The van der Waals surface area contributed by atoms with Crippen LogP contribution in [0.25, 0.3) is 0 Å². The van der Waals surface area contributed by atoms with Crippen LogP contribution in [0, 0.1) is 5.92 Å². The fraction of sp³-hybridized carbons (Fsp3) is 0.667. The van der Waals surface area contributed by atoms with E-state index in [2.05, 4.69) is 38.9 Å². The smallest absolute Gasteiger partial charge is 0.213 e. The van der Waals surface area contributed by atoms with Crippen molar-refractivity contribution in [3.8, 4) is 5.88 Å². The van der Waals surface area contributed by atoms with Gasteiger partial charge in [0.2, 0.25) is 5.88 Å². The minimum atomic E-state index is 0. The monoisotopic (exact) mass is 476 g/mol. The molecule has 1 aliphatic carbocycles. The van der Waals surface area contributed by atoms with Crippen LogP contribution in [0.2, 0.25) is 0 Å². The molecule has 2 aliphatic rings. The van der Waals surface area contributed by atoms with Crippen molar-refractivity contribution in [1.82, 2.24) is 15.2 Å². The quantitative estimate of drug-likeness (QED) is 0.388. The molecule has 1 aromatic heterocycles. The van der Waals surface area contributed by atoms with Crippen molar-refractivity contribution in [3.63, 3.8) is 0 Å². The summed E-state index contributed by atoms with van der Waals surface area (Å²) in [7, 11) is 1.86. The number of hydrogen-bond donors (Lipinski definition) is 1. The van der Waals surface area contributed by atoms with Crippen LogP contribution in [0.15, 0.2) is 23.3 Å². The molecule has 1 unspecified atom stereocenters. The number of pyridine rings is 1. The summed E-state index contributed by atoms with van der Waals surface area (Å²) in [6.07, 6.45) is 5.63. The molecular weight excluding hydrogens is 447 g/mol. The molecule has 2 fully saturated rings. The predicted octanol–water partition coefficient (Wildman–Crippen LogP) is 3.39. The van der Waals surface area contributed by atoms with Crippen molar-refractivity contribution in [2.24, 2.45) is 10.9 Å². The zero-order valence-electron chi connectivity index (χ0n) is 15.1. The minimum Gasteiger partial charge on any atom is -0.477 e. The maximum absolute atomic E-state index is 5.77. The molecule has 0 spiro atoms. The highest BCUT2D eigenvalue weighted by Crippen LogP contribution is 2.29. The third-order valence-corrected chi connectivity index (χ3v) is 5.89. The molecule has 0 amide bonds. The van der Waals surface area contributed by atoms with E-state index < -0.39 is 0 Å². The van der Waals surface area contributed by atoms with E-state index in [1.807, 2.05) is 25.4 Å². The van der Waals surface area contributed by atoms with Gasteiger partial charge in [0, 0.05) is 49.9 Å². The fourth-order valence-electron chi connectivity index (χ4n) is 2.80. The van der Waals surface area contributed by atoms with E-state index in [-0.39, 0.29) is 24.0 Å². The van der Waals surface area contributed by atoms with E-state index >= 15 is 0 Å². The topological polar surface area (TPSA) is 49.8 Å². The van der Waals surface area contributed by atoms with Gasteiger partial charge < -0.3 is 15.0 Å². The summed E-state index contributed by atoms with van der Waals surface area (Å²) in [6, 6.07) is 4.06. The van der Waals surface area contributed by atoms with E-state index in [9.17, 15) is 0 Å². The van der Waals surface area contributed by atoms with Crippen molar-refractivity contribution >= 4 is 41.7 Å². The van der Waals surface area contributed by atoms with Crippen LogP contribution in [0.1, 0.15) is 31.7 Å². The second-order valence-corrected chi connectivity index (χ2v) is 7.91. The van der Waals surface area contributed by atoms with E-state index in [4.69, 9.17) is 4.74 Å². The normalized spacial score (nSPS) is 20.8. The fourth-order valence-corrected chi connectivity index (χ4v) is 3.98. The minimum absolute atomic E-state index is 0. The summed E-state index contributed by atoms with van der Waals surface area (Å²) in [4.78, 5) is 11.1. The van der Waals surface area contributed by atoms with Gasteiger partial charge in [-0.2, -0.15) is 11.8 Å². The van der Waals surface area contributed by atoms with Crippen LogP contribution in [-0.2, 0) is 6.54 Å². The van der Waals surface area contributed by atoms with E-state index in [0.29, 0.717) is 5.25 Å². The number of hydrogen-bond acceptors (Lipinski definition) is 4. The molecule has 5 nitrogen and oxygen atoms in total. The Balaban J connectivity index is 0.00000225. The maximum atomic E-state index is 5.77. The lowest BCUT2D eigenvalue weighted by Crippen LogP contribution is -2.47. The van der Waals surface area contributed by atoms with Crippen LogP contribution in [0.4, 0.5) is 0 Å². The number of thioether (sulfide) groups is 1. The lowest BCUT2D eigenvalue weighted by atomic mass is 10.2. The Labute approximate surface area is 172 Å². The van der Waals surface area contributed by atoms with Crippen molar-refractivity contribution in [2.45, 2.75) is 38.0 Å². The van der Waals surface area contributed by atoms with Crippen LogP contribution in [0.5, 0.6) is 5.88 Å². The van der Waals surface area contributed by atoms with E-state index in [1.54, 1.807) is 0 Å². The third-order valence-electron chi connectivity index (χ3n) is 4.52. The summed E-state index contributed by atoms with van der Waals surface area (Å²) in [5, 5.41) is 4.20. The molecular formula is C18H29IN4OS. The lowest BCUT2D eigenvalue weighted by molar-refractivity contribution is 0.288. The average Bonchev–Trinajstić information content (AvgIpc) is 3.45.